The topological polar surface area (TPSA) is 81.7 Å². The van der Waals surface area contributed by atoms with Crippen molar-refractivity contribution in [1.29, 1.82) is 0 Å². The summed E-state index contributed by atoms with van der Waals surface area (Å²) >= 11 is 0. The third-order valence-corrected chi connectivity index (χ3v) is 5.61. The van der Waals surface area contributed by atoms with E-state index in [1.165, 1.54) is 21.3 Å². The number of esters is 1. The number of cyclic esters (lactones) is 1. The van der Waals surface area contributed by atoms with Gasteiger partial charge in [0, 0.05) is 22.6 Å². The van der Waals surface area contributed by atoms with Gasteiger partial charge in [0.15, 0.2) is 23.0 Å². The molecule has 3 rings (SSSR count). The number of methoxy groups -OCH3 is 6. The molecule has 0 radical (unpaired) electrons. The maximum atomic E-state index is 12.2. The largest absolute Gasteiger partial charge is 0.493 e. The average molecular weight is 444 g/mol. The molecule has 0 spiro atoms. The zero-order valence-corrected chi connectivity index (χ0v) is 19.4. The van der Waals surface area contributed by atoms with Crippen LogP contribution in [0.4, 0.5) is 0 Å². The Morgan fingerprint density at radius 2 is 1.28 bits per heavy atom. The summed E-state index contributed by atoms with van der Waals surface area (Å²) in [5.74, 6) is 1.97. The van der Waals surface area contributed by atoms with Gasteiger partial charge in [-0.1, -0.05) is 13.5 Å². The van der Waals surface area contributed by atoms with E-state index in [1.807, 2.05) is 13.0 Å². The molecule has 1 heterocycles. The second kappa shape index (κ2) is 9.30. The van der Waals surface area contributed by atoms with Crippen molar-refractivity contribution in [2.45, 2.75) is 13.0 Å². The summed E-state index contributed by atoms with van der Waals surface area (Å²) in [6.07, 6.45) is -0.592. The highest BCUT2D eigenvalue weighted by molar-refractivity contribution is 5.91. The summed E-state index contributed by atoms with van der Waals surface area (Å²) in [6, 6.07) is 5.46. The Morgan fingerprint density at radius 3 is 1.69 bits per heavy atom. The molecule has 0 saturated carbocycles. The van der Waals surface area contributed by atoms with Gasteiger partial charge in [-0.3, -0.25) is 0 Å². The lowest BCUT2D eigenvalue weighted by Gasteiger charge is -2.24. The predicted octanol–water partition coefficient (Wildman–Crippen LogP) is 4.20. The summed E-state index contributed by atoms with van der Waals surface area (Å²) in [7, 11) is 9.21. The van der Waals surface area contributed by atoms with Crippen molar-refractivity contribution in [3.05, 3.63) is 35.9 Å². The number of carbonyl (C=O) groups excluding carboxylic acids is 1. The van der Waals surface area contributed by atoms with Crippen LogP contribution in [0.2, 0.25) is 0 Å². The van der Waals surface area contributed by atoms with E-state index in [2.05, 4.69) is 6.58 Å². The molecular weight excluding hydrogens is 416 g/mol. The van der Waals surface area contributed by atoms with Crippen LogP contribution in [-0.2, 0) is 9.53 Å². The van der Waals surface area contributed by atoms with Gasteiger partial charge in [-0.05, 0) is 23.8 Å². The van der Waals surface area contributed by atoms with E-state index in [9.17, 15) is 4.79 Å². The third-order valence-electron chi connectivity index (χ3n) is 5.61. The highest BCUT2D eigenvalue weighted by Crippen LogP contribution is 2.53. The van der Waals surface area contributed by atoms with Crippen LogP contribution in [-0.4, -0.2) is 48.6 Å². The smallest absolute Gasteiger partial charge is 0.334 e. The van der Waals surface area contributed by atoms with Gasteiger partial charge in [0.25, 0.3) is 0 Å². The summed E-state index contributed by atoms with van der Waals surface area (Å²) in [6.45, 7) is 5.73. The number of hydrogen-bond acceptors (Lipinski definition) is 8. The lowest BCUT2D eigenvalue weighted by molar-refractivity contribution is -0.139. The van der Waals surface area contributed by atoms with Crippen LogP contribution in [0, 0.1) is 5.92 Å². The predicted molar refractivity (Wildman–Crippen MR) is 118 cm³/mol. The first-order valence-corrected chi connectivity index (χ1v) is 9.89. The zero-order chi connectivity index (χ0) is 23.6. The van der Waals surface area contributed by atoms with E-state index < -0.39 is 12.1 Å². The molecule has 0 aliphatic carbocycles. The molecule has 8 heteroatoms. The molecule has 32 heavy (non-hydrogen) atoms. The maximum Gasteiger partial charge on any atom is 0.334 e. The minimum absolute atomic E-state index is 0.248. The van der Waals surface area contributed by atoms with E-state index in [0.29, 0.717) is 56.8 Å². The molecule has 0 unspecified atom stereocenters. The van der Waals surface area contributed by atoms with Crippen LogP contribution < -0.4 is 28.4 Å². The average Bonchev–Trinajstić information content (AvgIpc) is 3.08. The lowest BCUT2D eigenvalue weighted by Crippen LogP contribution is -2.09. The SMILES string of the molecule is C=C1C(=O)O[C@@H](c2cc(-c3cc(OC)c(OC)c(OC)c3)c(OC)c(OC)c2OC)[C@H]1C. The monoisotopic (exact) mass is 444 g/mol. The maximum absolute atomic E-state index is 12.2. The van der Waals surface area contributed by atoms with Gasteiger partial charge in [-0.25, -0.2) is 4.79 Å². The fourth-order valence-corrected chi connectivity index (χ4v) is 3.90. The van der Waals surface area contributed by atoms with Gasteiger partial charge < -0.3 is 33.2 Å². The summed E-state index contributed by atoms with van der Waals surface area (Å²) in [5.41, 5.74) is 2.42. The van der Waals surface area contributed by atoms with Crippen LogP contribution >= 0.6 is 0 Å². The minimum Gasteiger partial charge on any atom is -0.493 e. The quantitative estimate of drug-likeness (QED) is 0.443. The Kier molecular flexibility index (Phi) is 6.72. The molecule has 0 N–H and O–H groups in total. The first-order valence-electron chi connectivity index (χ1n) is 9.89. The highest BCUT2D eigenvalue weighted by Gasteiger charge is 2.40. The molecule has 172 valence electrons. The van der Waals surface area contributed by atoms with Crippen LogP contribution in [0.3, 0.4) is 0 Å². The van der Waals surface area contributed by atoms with Gasteiger partial charge in [0.2, 0.25) is 11.5 Å². The Bertz CT molecular complexity index is 1020. The van der Waals surface area contributed by atoms with Crippen LogP contribution in [0.1, 0.15) is 18.6 Å². The number of carbonyl (C=O) groups is 1. The number of hydrogen-bond donors (Lipinski definition) is 0. The van der Waals surface area contributed by atoms with Gasteiger partial charge in [-0.15, -0.1) is 0 Å². The fraction of sp³-hybridized carbons (Fsp3) is 0.375. The molecule has 2 aromatic rings. The molecule has 2 atom stereocenters. The molecule has 8 nitrogen and oxygen atoms in total. The van der Waals surface area contributed by atoms with Gasteiger partial charge in [0.05, 0.1) is 42.7 Å². The minimum atomic E-state index is -0.592. The number of ether oxygens (including phenoxy) is 7. The molecule has 0 bridgehead atoms. The molecular formula is C24H28O8. The Balaban J connectivity index is 2.34. The first kappa shape index (κ1) is 23.1. The molecule has 1 saturated heterocycles. The number of benzene rings is 2. The molecule has 2 aromatic carbocycles. The summed E-state index contributed by atoms with van der Waals surface area (Å²) in [4.78, 5) is 12.2. The van der Waals surface area contributed by atoms with Crippen molar-refractivity contribution in [2.24, 2.45) is 5.92 Å². The zero-order valence-electron chi connectivity index (χ0n) is 19.4. The third kappa shape index (κ3) is 3.66. The van der Waals surface area contributed by atoms with E-state index in [4.69, 9.17) is 33.2 Å². The van der Waals surface area contributed by atoms with Crippen molar-refractivity contribution in [3.8, 4) is 45.6 Å². The van der Waals surface area contributed by atoms with Crippen molar-refractivity contribution < 1.29 is 38.0 Å². The Hall–Kier alpha value is -3.55. The molecule has 0 amide bonds. The molecule has 0 aromatic heterocycles. The standard InChI is InChI=1S/C24H28O8/c1-12-13(2)24(25)32-19(12)16-11-15(20(28-5)23(31-8)21(16)29-6)14-9-17(26-3)22(30-7)18(10-14)27-4/h9-12,19H,2H2,1,3-8H3/t12-,19+/m0/s1. The van der Waals surface area contributed by atoms with Crippen LogP contribution in [0.25, 0.3) is 11.1 Å². The Morgan fingerprint density at radius 1 is 0.750 bits per heavy atom. The van der Waals surface area contributed by atoms with Crippen LogP contribution in [0.5, 0.6) is 34.5 Å². The Labute approximate surface area is 187 Å². The van der Waals surface area contributed by atoms with Crippen molar-refractivity contribution >= 4 is 5.97 Å². The van der Waals surface area contributed by atoms with E-state index in [-0.39, 0.29) is 5.92 Å². The van der Waals surface area contributed by atoms with Gasteiger partial charge in [-0.2, -0.15) is 0 Å². The lowest BCUT2D eigenvalue weighted by atomic mass is 9.90. The fourth-order valence-electron chi connectivity index (χ4n) is 3.90. The van der Waals surface area contributed by atoms with E-state index in [1.54, 1.807) is 33.5 Å². The van der Waals surface area contributed by atoms with Crippen molar-refractivity contribution in [2.75, 3.05) is 42.7 Å². The first-order chi connectivity index (χ1) is 15.4. The summed E-state index contributed by atoms with van der Waals surface area (Å²) < 4.78 is 39.1. The van der Waals surface area contributed by atoms with Crippen molar-refractivity contribution in [3.63, 3.8) is 0 Å². The van der Waals surface area contributed by atoms with Crippen molar-refractivity contribution in [1.82, 2.24) is 0 Å². The highest BCUT2D eigenvalue weighted by atomic mass is 16.6. The van der Waals surface area contributed by atoms with E-state index >= 15 is 0 Å². The van der Waals surface area contributed by atoms with Crippen LogP contribution in [0.15, 0.2) is 30.4 Å². The number of rotatable bonds is 8. The molecule has 1 aliphatic rings. The molecule has 1 aliphatic heterocycles. The van der Waals surface area contributed by atoms with Gasteiger partial charge in [0.1, 0.15) is 6.10 Å². The second-order valence-corrected chi connectivity index (χ2v) is 7.17. The van der Waals surface area contributed by atoms with E-state index in [0.717, 1.165) is 0 Å². The van der Waals surface area contributed by atoms with Gasteiger partial charge >= 0.3 is 5.97 Å². The summed E-state index contributed by atoms with van der Waals surface area (Å²) in [5, 5.41) is 0. The molecule has 1 fully saturated rings. The normalized spacial score (nSPS) is 17.6. The second-order valence-electron chi connectivity index (χ2n) is 7.17.